The Balaban J connectivity index is 2.37. The van der Waals surface area contributed by atoms with Crippen LogP contribution in [0.25, 0.3) is 0 Å². The fraction of sp³-hybridized carbons (Fsp3) is 0.200. The number of hydrogen-bond donors (Lipinski definition) is 3. The zero-order valence-electron chi connectivity index (χ0n) is 5.94. The third-order valence-corrected chi connectivity index (χ3v) is 1.09. The largest absolute Gasteiger partial charge is 0.474 e. The lowest BCUT2D eigenvalue weighted by molar-refractivity contribution is -0.150. The van der Waals surface area contributed by atoms with Gasteiger partial charge in [-0.3, -0.25) is 4.79 Å². The van der Waals surface area contributed by atoms with Crippen molar-refractivity contribution in [3.8, 4) is 0 Å². The summed E-state index contributed by atoms with van der Waals surface area (Å²) < 4.78 is 0. The fourth-order valence-electron chi connectivity index (χ4n) is 0.557. The molecule has 0 unspecified atom stereocenters. The second-order valence-corrected chi connectivity index (χ2v) is 1.95. The number of carbonyl (C=O) groups is 2. The van der Waals surface area contributed by atoms with Gasteiger partial charge in [0.25, 0.3) is 0 Å². The first kappa shape index (κ1) is 8.18. The molecule has 0 bridgehead atoms. The summed E-state index contributed by atoms with van der Waals surface area (Å²) in [5.41, 5.74) is 0.476. The molecule has 0 fully saturated rings. The molecule has 64 valence electrons. The molecule has 0 aliphatic rings. The molecule has 7 heteroatoms. The number of amides is 1. The topological polar surface area (TPSA) is 108 Å². The molecule has 12 heavy (non-hydrogen) atoms. The van der Waals surface area contributed by atoms with E-state index in [1.807, 2.05) is 0 Å². The van der Waals surface area contributed by atoms with Crippen LogP contribution in [0.3, 0.4) is 0 Å². The molecule has 0 atom stereocenters. The number of carbonyl (C=O) groups excluding carboxylic acids is 1. The van der Waals surface area contributed by atoms with E-state index in [-0.39, 0.29) is 6.54 Å². The van der Waals surface area contributed by atoms with E-state index < -0.39 is 11.9 Å². The predicted octanol–water partition coefficient (Wildman–Crippen LogP) is -1.49. The number of nitrogens with one attached hydrogen (secondary N) is 2. The average molecular weight is 170 g/mol. The predicted molar refractivity (Wildman–Crippen MR) is 35.9 cm³/mol. The van der Waals surface area contributed by atoms with Gasteiger partial charge in [0.1, 0.15) is 5.69 Å². The third-order valence-electron chi connectivity index (χ3n) is 1.09. The minimum absolute atomic E-state index is 0.0572. The number of carboxylic acid groups (broad SMARTS) is 1. The molecule has 0 saturated carbocycles. The molecule has 7 nitrogen and oxygen atoms in total. The lowest BCUT2D eigenvalue weighted by Gasteiger charge is -1.95. The monoisotopic (exact) mass is 170 g/mol. The van der Waals surface area contributed by atoms with E-state index in [0.29, 0.717) is 5.69 Å². The van der Waals surface area contributed by atoms with Gasteiger partial charge in [-0.15, -0.1) is 0 Å². The van der Waals surface area contributed by atoms with Gasteiger partial charge in [0.15, 0.2) is 0 Å². The molecule has 1 heterocycles. The number of rotatable bonds is 2. The number of hydrogen-bond acceptors (Lipinski definition) is 4. The molecule has 0 aromatic carbocycles. The van der Waals surface area contributed by atoms with E-state index in [9.17, 15) is 9.59 Å². The maximum atomic E-state index is 10.5. The Morgan fingerprint density at radius 2 is 2.42 bits per heavy atom. The highest BCUT2D eigenvalue weighted by Crippen LogP contribution is 1.85. The van der Waals surface area contributed by atoms with Gasteiger partial charge in [0.05, 0.1) is 12.7 Å². The van der Waals surface area contributed by atoms with E-state index in [0.717, 1.165) is 0 Å². The van der Waals surface area contributed by atoms with Gasteiger partial charge < -0.3 is 10.4 Å². The van der Waals surface area contributed by atoms with Crippen molar-refractivity contribution in [1.82, 2.24) is 20.7 Å². The summed E-state index contributed by atoms with van der Waals surface area (Å²) in [6.45, 7) is 0.0572. The van der Waals surface area contributed by atoms with E-state index in [4.69, 9.17) is 5.11 Å². The molecule has 3 N–H and O–H groups in total. The quantitative estimate of drug-likeness (QED) is 0.468. The van der Waals surface area contributed by atoms with Crippen LogP contribution in [0.4, 0.5) is 0 Å². The molecule has 1 aromatic heterocycles. The highest BCUT2D eigenvalue weighted by Gasteiger charge is 2.09. The number of aliphatic carboxylic acids is 1. The Hall–Kier alpha value is -1.92. The second-order valence-electron chi connectivity index (χ2n) is 1.95. The van der Waals surface area contributed by atoms with E-state index in [2.05, 4.69) is 20.7 Å². The summed E-state index contributed by atoms with van der Waals surface area (Å²) in [4.78, 5) is 20.5. The molecule has 0 aliphatic carbocycles. The Bertz CT molecular complexity index is 281. The van der Waals surface area contributed by atoms with Crippen LogP contribution in [-0.4, -0.2) is 32.4 Å². The molecule has 0 radical (unpaired) electrons. The molecule has 1 rings (SSSR count). The standard InChI is InChI=1S/C5H6N4O3/c10-4(5(11)12)6-1-3-2-7-9-8-3/h2H,1H2,(H,6,10)(H,11,12)(H,7,8,9). The minimum atomic E-state index is -1.52. The number of aromatic amines is 1. The van der Waals surface area contributed by atoms with Crippen LogP contribution in [0.5, 0.6) is 0 Å². The van der Waals surface area contributed by atoms with E-state index in [1.165, 1.54) is 6.20 Å². The van der Waals surface area contributed by atoms with Crippen molar-refractivity contribution in [3.63, 3.8) is 0 Å². The van der Waals surface area contributed by atoms with E-state index >= 15 is 0 Å². The van der Waals surface area contributed by atoms with E-state index in [1.54, 1.807) is 0 Å². The van der Waals surface area contributed by atoms with Gasteiger partial charge in [0.2, 0.25) is 0 Å². The maximum absolute atomic E-state index is 10.5. The summed E-state index contributed by atoms with van der Waals surface area (Å²) in [7, 11) is 0. The SMILES string of the molecule is O=C(O)C(=O)NCc1cn[nH]n1. The minimum Gasteiger partial charge on any atom is -0.474 e. The third kappa shape index (κ3) is 2.04. The lowest BCUT2D eigenvalue weighted by Crippen LogP contribution is -2.30. The van der Waals surface area contributed by atoms with Gasteiger partial charge in [-0.25, -0.2) is 4.79 Å². The van der Waals surface area contributed by atoms with Gasteiger partial charge in [-0.05, 0) is 0 Å². The van der Waals surface area contributed by atoms with Crippen LogP contribution in [-0.2, 0) is 16.1 Å². The van der Waals surface area contributed by atoms with Crippen LogP contribution in [0.1, 0.15) is 5.69 Å². The van der Waals surface area contributed by atoms with Crippen LogP contribution in [0.15, 0.2) is 6.20 Å². The molecule has 1 amide bonds. The van der Waals surface area contributed by atoms with Gasteiger partial charge in [-0.1, -0.05) is 0 Å². The fourth-order valence-corrected chi connectivity index (χ4v) is 0.557. The highest BCUT2D eigenvalue weighted by atomic mass is 16.4. The summed E-state index contributed by atoms with van der Waals surface area (Å²) in [5, 5.41) is 19.7. The molecule has 1 aromatic rings. The Morgan fingerprint density at radius 1 is 1.67 bits per heavy atom. The molecule has 0 saturated heterocycles. The van der Waals surface area contributed by atoms with Crippen molar-refractivity contribution in [2.75, 3.05) is 0 Å². The lowest BCUT2D eigenvalue weighted by atomic mass is 10.4. The number of carboxylic acids is 1. The van der Waals surface area contributed by atoms with Crippen molar-refractivity contribution < 1.29 is 14.7 Å². The maximum Gasteiger partial charge on any atom is 0.394 e. The highest BCUT2D eigenvalue weighted by molar-refractivity contribution is 6.31. The molecule has 0 spiro atoms. The van der Waals surface area contributed by atoms with Crippen molar-refractivity contribution in [2.24, 2.45) is 0 Å². The summed E-state index contributed by atoms with van der Waals surface area (Å²) in [5.74, 6) is -2.57. The zero-order chi connectivity index (χ0) is 8.97. The Labute approximate surface area is 66.8 Å². The van der Waals surface area contributed by atoms with Crippen molar-refractivity contribution in [1.29, 1.82) is 0 Å². The first-order valence-electron chi connectivity index (χ1n) is 3.06. The van der Waals surface area contributed by atoms with Gasteiger partial charge in [-0.2, -0.15) is 15.4 Å². The second kappa shape index (κ2) is 3.46. The number of aromatic nitrogens is 3. The Kier molecular flexibility index (Phi) is 2.36. The number of H-pyrrole nitrogens is 1. The first-order valence-corrected chi connectivity index (χ1v) is 3.06. The normalized spacial score (nSPS) is 9.33. The van der Waals surface area contributed by atoms with Crippen molar-refractivity contribution in [2.45, 2.75) is 6.54 Å². The summed E-state index contributed by atoms with van der Waals surface area (Å²) in [6.07, 6.45) is 1.39. The van der Waals surface area contributed by atoms with Crippen LogP contribution < -0.4 is 5.32 Å². The van der Waals surface area contributed by atoms with Crippen LogP contribution >= 0.6 is 0 Å². The van der Waals surface area contributed by atoms with Crippen molar-refractivity contribution >= 4 is 11.9 Å². The molecule has 0 aliphatic heterocycles. The number of nitrogens with zero attached hydrogens (tertiary/aromatic N) is 2. The van der Waals surface area contributed by atoms with Crippen LogP contribution in [0, 0.1) is 0 Å². The summed E-state index contributed by atoms with van der Waals surface area (Å²) in [6, 6.07) is 0. The van der Waals surface area contributed by atoms with Crippen molar-refractivity contribution in [3.05, 3.63) is 11.9 Å². The molecular weight excluding hydrogens is 164 g/mol. The molecular formula is C5H6N4O3. The van der Waals surface area contributed by atoms with Crippen LogP contribution in [0.2, 0.25) is 0 Å². The first-order chi connectivity index (χ1) is 5.70. The zero-order valence-corrected chi connectivity index (χ0v) is 5.94. The average Bonchev–Trinajstić information content (AvgIpc) is 2.51. The Morgan fingerprint density at radius 3 is 2.92 bits per heavy atom. The van der Waals surface area contributed by atoms with Gasteiger partial charge in [0, 0.05) is 0 Å². The van der Waals surface area contributed by atoms with Gasteiger partial charge >= 0.3 is 11.9 Å². The smallest absolute Gasteiger partial charge is 0.394 e. The summed E-state index contributed by atoms with van der Waals surface area (Å²) >= 11 is 0.